The Hall–Kier alpha value is -2.82. The van der Waals surface area contributed by atoms with Crippen LogP contribution in [0.3, 0.4) is 0 Å². The smallest absolute Gasteiger partial charge is 0.141 e. The lowest BCUT2D eigenvalue weighted by Gasteiger charge is -2.20. The summed E-state index contributed by atoms with van der Waals surface area (Å²) in [6.07, 6.45) is 14.5. The summed E-state index contributed by atoms with van der Waals surface area (Å²) in [6, 6.07) is 6.33. The van der Waals surface area contributed by atoms with E-state index in [4.69, 9.17) is 0 Å². The Morgan fingerprint density at radius 1 is 1.20 bits per heavy atom. The first-order chi connectivity index (χ1) is 12.2. The van der Waals surface area contributed by atoms with Crippen LogP contribution in [-0.4, -0.2) is 30.3 Å². The molecule has 5 heteroatoms. The van der Waals surface area contributed by atoms with Crippen LogP contribution in [0.2, 0.25) is 0 Å². The summed E-state index contributed by atoms with van der Waals surface area (Å²) in [5.41, 5.74) is 1.86. The molecule has 132 valence electrons. The van der Waals surface area contributed by atoms with Crippen molar-refractivity contribution in [2.45, 2.75) is 26.7 Å². The Balaban J connectivity index is 2.84. The van der Waals surface area contributed by atoms with Crippen LogP contribution in [0.1, 0.15) is 25.8 Å². The molecule has 0 N–H and O–H groups in total. The zero-order valence-electron chi connectivity index (χ0n) is 14.7. The summed E-state index contributed by atoms with van der Waals surface area (Å²) in [5, 5.41) is 5.98. The molecule has 1 aromatic carbocycles. The van der Waals surface area contributed by atoms with Crippen LogP contribution in [0.4, 0.5) is 4.39 Å². The molecule has 0 aliphatic rings. The number of benzene rings is 1. The van der Waals surface area contributed by atoms with E-state index in [0.717, 1.165) is 24.0 Å². The molecule has 0 aliphatic carbocycles. The third-order valence-electron chi connectivity index (χ3n) is 3.13. The van der Waals surface area contributed by atoms with Gasteiger partial charge in [0.1, 0.15) is 12.1 Å². The van der Waals surface area contributed by atoms with Gasteiger partial charge in [-0.1, -0.05) is 31.2 Å². The Morgan fingerprint density at radius 2 is 1.92 bits per heavy atom. The van der Waals surface area contributed by atoms with Crippen molar-refractivity contribution in [1.29, 1.82) is 0 Å². The first-order valence-electron chi connectivity index (χ1n) is 8.19. The number of carbonyl (C=O) groups is 1. The van der Waals surface area contributed by atoms with Gasteiger partial charge in [-0.25, -0.2) is 4.39 Å². The van der Waals surface area contributed by atoms with Gasteiger partial charge in [0.25, 0.3) is 0 Å². The number of aliphatic imine (C=N–C) groups is 1. The van der Waals surface area contributed by atoms with Gasteiger partial charge in [-0.15, -0.1) is 0 Å². The van der Waals surface area contributed by atoms with Gasteiger partial charge >= 0.3 is 0 Å². The molecular formula is C20H24FN3O. The van der Waals surface area contributed by atoms with Crippen LogP contribution >= 0.6 is 0 Å². The molecule has 0 fully saturated rings. The molecule has 0 saturated heterocycles. The predicted molar refractivity (Wildman–Crippen MR) is 102 cm³/mol. The minimum Gasteiger partial charge on any atom is -0.301 e. The number of aldehydes is 1. The van der Waals surface area contributed by atoms with Crippen LogP contribution in [0.15, 0.2) is 70.6 Å². The second-order valence-corrected chi connectivity index (χ2v) is 5.09. The quantitative estimate of drug-likeness (QED) is 0.362. The second kappa shape index (κ2) is 12.6. The summed E-state index contributed by atoms with van der Waals surface area (Å²) in [5.74, 6) is -0.266. The molecule has 0 bridgehead atoms. The minimum absolute atomic E-state index is 0.157. The van der Waals surface area contributed by atoms with Gasteiger partial charge in [-0.3, -0.25) is 10.0 Å². The first kappa shape index (κ1) is 20.2. The third kappa shape index (κ3) is 8.55. The zero-order valence-corrected chi connectivity index (χ0v) is 14.7. The Bertz CT molecular complexity index is 658. The Morgan fingerprint density at radius 3 is 2.56 bits per heavy atom. The van der Waals surface area contributed by atoms with E-state index in [1.165, 1.54) is 12.1 Å². The summed E-state index contributed by atoms with van der Waals surface area (Å²) in [6.45, 7) is 4.07. The number of halogens is 1. The number of hydrazone groups is 1. The largest absolute Gasteiger partial charge is 0.301 e. The van der Waals surface area contributed by atoms with Gasteiger partial charge < -0.3 is 4.79 Å². The van der Waals surface area contributed by atoms with Crippen molar-refractivity contribution in [3.63, 3.8) is 0 Å². The average Bonchev–Trinajstić information content (AvgIpc) is 2.61. The molecule has 0 heterocycles. The summed E-state index contributed by atoms with van der Waals surface area (Å²) in [7, 11) is 0. The molecule has 4 nitrogen and oxygen atoms in total. The zero-order chi connectivity index (χ0) is 18.3. The maximum atomic E-state index is 13.1. The summed E-state index contributed by atoms with van der Waals surface area (Å²) in [4.78, 5) is 15.0. The topological polar surface area (TPSA) is 45.0 Å². The van der Waals surface area contributed by atoms with Crippen molar-refractivity contribution in [1.82, 2.24) is 5.01 Å². The van der Waals surface area contributed by atoms with Crippen molar-refractivity contribution in [2.24, 2.45) is 10.1 Å². The summed E-state index contributed by atoms with van der Waals surface area (Å²) < 4.78 is 13.1. The highest BCUT2D eigenvalue weighted by atomic mass is 19.1. The van der Waals surface area contributed by atoms with E-state index in [9.17, 15) is 9.18 Å². The van der Waals surface area contributed by atoms with Crippen molar-refractivity contribution in [3.8, 4) is 0 Å². The number of rotatable bonds is 10. The fourth-order valence-corrected chi connectivity index (χ4v) is 2.03. The van der Waals surface area contributed by atoms with Gasteiger partial charge in [0, 0.05) is 30.7 Å². The van der Waals surface area contributed by atoms with E-state index in [1.807, 2.05) is 26.0 Å². The average molecular weight is 341 g/mol. The second-order valence-electron chi connectivity index (χ2n) is 5.09. The number of hydrogen-bond acceptors (Lipinski definition) is 4. The van der Waals surface area contributed by atoms with E-state index >= 15 is 0 Å². The van der Waals surface area contributed by atoms with Gasteiger partial charge in [0.15, 0.2) is 0 Å². The van der Waals surface area contributed by atoms with Crippen LogP contribution in [0.25, 0.3) is 0 Å². The van der Waals surface area contributed by atoms with E-state index in [2.05, 4.69) is 10.1 Å². The molecule has 0 aliphatic heterocycles. The number of hydrogen-bond donors (Lipinski definition) is 0. The Kier molecular flexibility index (Phi) is 10.2. The van der Waals surface area contributed by atoms with Gasteiger partial charge in [0.2, 0.25) is 0 Å². The molecule has 0 atom stereocenters. The van der Waals surface area contributed by atoms with Crippen molar-refractivity contribution in [2.75, 3.05) is 6.54 Å². The fourth-order valence-electron chi connectivity index (χ4n) is 2.03. The lowest BCUT2D eigenvalue weighted by atomic mass is 10.1. The highest BCUT2D eigenvalue weighted by Crippen LogP contribution is 2.14. The molecule has 0 unspecified atom stereocenters. The van der Waals surface area contributed by atoms with Crippen LogP contribution in [0, 0.1) is 5.82 Å². The molecule has 0 saturated carbocycles. The van der Waals surface area contributed by atoms with E-state index < -0.39 is 0 Å². The van der Waals surface area contributed by atoms with Gasteiger partial charge in [-0.05, 0) is 43.2 Å². The Labute approximate surface area is 148 Å². The SMILES string of the molecule is C\C=C/N=C/C=C/C=N/N(CC=O)/C(=C\CC)Cc1ccc(F)cc1. The van der Waals surface area contributed by atoms with Crippen LogP contribution in [0.5, 0.6) is 0 Å². The number of allylic oxidation sites excluding steroid dienone is 5. The molecule has 25 heavy (non-hydrogen) atoms. The van der Waals surface area contributed by atoms with Crippen molar-refractivity contribution >= 4 is 18.7 Å². The molecule has 0 radical (unpaired) electrons. The maximum Gasteiger partial charge on any atom is 0.141 e. The minimum atomic E-state index is -0.266. The van der Waals surface area contributed by atoms with E-state index in [-0.39, 0.29) is 12.4 Å². The maximum absolute atomic E-state index is 13.1. The first-order valence-corrected chi connectivity index (χ1v) is 8.19. The standard InChI is InChI=1S/C20H24FN3O/c1-3-7-20(17-18-8-10-19(21)11-9-18)24(15-16-25)23-14-6-5-13-22-12-4-2/h4-14,16H,3,15,17H2,1-2H3/b6-5+,12-4-,20-7-,22-13+,23-14+. The third-order valence-corrected chi connectivity index (χ3v) is 3.13. The van der Waals surface area contributed by atoms with Crippen LogP contribution < -0.4 is 0 Å². The lowest BCUT2D eigenvalue weighted by Crippen LogP contribution is -2.21. The number of carbonyl (C=O) groups excluding carboxylic acids is 1. The molecule has 1 rings (SSSR count). The van der Waals surface area contributed by atoms with Gasteiger partial charge in [0.05, 0.1) is 6.54 Å². The van der Waals surface area contributed by atoms with Crippen LogP contribution in [-0.2, 0) is 11.2 Å². The van der Waals surface area contributed by atoms with E-state index in [0.29, 0.717) is 6.42 Å². The lowest BCUT2D eigenvalue weighted by molar-refractivity contribution is -0.108. The normalized spacial score (nSPS) is 12.8. The highest BCUT2D eigenvalue weighted by molar-refractivity contribution is 5.81. The van der Waals surface area contributed by atoms with Crippen molar-refractivity contribution in [3.05, 3.63) is 71.8 Å². The highest BCUT2D eigenvalue weighted by Gasteiger charge is 2.08. The molecule has 0 spiro atoms. The van der Waals surface area contributed by atoms with E-state index in [1.54, 1.807) is 47.9 Å². The molecule has 0 amide bonds. The number of nitrogens with zero attached hydrogens (tertiary/aromatic N) is 3. The monoisotopic (exact) mass is 341 g/mol. The van der Waals surface area contributed by atoms with Gasteiger partial charge in [-0.2, -0.15) is 5.10 Å². The fraction of sp³-hybridized carbons (Fsp3) is 0.250. The molecular weight excluding hydrogens is 317 g/mol. The predicted octanol–water partition coefficient (Wildman–Crippen LogP) is 4.31. The van der Waals surface area contributed by atoms with Crippen molar-refractivity contribution < 1.29 is 9.18 Å². The molecule has 0 aromatic heterocycles. The summed E-state index contributed by atoms with van der Waals surface area (Å²) >= 11 is 0. The molecule has 1 aromatic rings.